The molecule has 4 heteroatoms. The Balaban J connectivity index is 1.62. The first-order chi connectivity index (χ1) is 14.7. The van der Waals surface area contributed by atoms with E-state index in [1.807, 2.05) is 72.8 Å². The minimum atomic E-state index is -1.09. The van der Waals surface area contributed by atoms with Crippen molar-refractivity contribution in [2.24, 2.45) is 0 Å². The molecule has 0 bridgehead atoms. The van der Waals surface area contributed by atoms with Crippen LogP contribution in [0.5, 0.6) is 17.2 Å². The number of aromatic hydroxyl groups is 1. The lowest BCUT2D eigenvalue weighted by molar-refractivity contribution is 0.0251. The van der Waals surface area contributed by atoms with Crippen LogP contribution in [0.15, 0.2) is 103 Å². The average molecular weight is 394 g/mol. The van der Waals surface area contributed by atoms with Crippen LogP contribution in [0.3, 0.4) is 0 Å². The molecule has 5 rings (SSSR count). The maximum absolute atomic E-state index is 12.7. The van der Waals surface area contributed by atoms with E-state index in [-0.39, 0.29) is 11.7 Å². The predicted octanol–water partition coefficient (Wildman–Crippen LogP) is 5.65. The van der Waals surface area contributed by atoms with Crippen LogP contribution in [0.2, 0.25) is 0 Å². The number of benzene rings is 4. The second-order valence-electron chi connectivity index (χ2n) is 7.10. The molecule has 0 fully saturated rings. The minimum absolute atomic E-state index is 0.151. The molecule has 1 N–H and O–H groups in total. The molecule has 4 aromatic carbocycles. The lowest BCUT2D eigenvalue weighted by Crippen LogP contribution is -2.29. The van der Waals surface area contributed by atoms with Crippen LogP contribution in [0, 0.1) is 0 Å². The van der Waals surface area contributed by atoms with E-state index in [4.69, 9.17) is 9.47 Å². The maximum atomic E-state index is 12.7. The van der Waals surface area contributed by atoms with Gasteiger partial charge in [0.25, 0.3) is 0 Å². The Kier molecular flexibility index (Phi) is 4.25. The van der Waals surface area contributed by atoms with Crippen LogP contribution in [-0.2, 0) is 10.3 Å². The van der Waals surface area contributed by atoms with Crippen molar-refractivity contribution in [3.05, 3.63) is 125 Å². The monoisotopic (exact) mass is 394 g/mol. The van der Waals surface area contributed by atoms with Crippen molar-refractivity contribution in [3.63, 3.8) is 0 Å². The summed E-state index contributed by atoms with van der Waals surface area (Å²) in [5.74, 6) is 1.21. The predicted molar refractivity (Wildman–Crippen MR) is 113 cm³/mol. The molecule has 1 heterocycles. The third-order valence-corrected chi connectivity index (χ3v) is 5.29. The number of hydrogen-bond donors (Lipinski definition) is 1. The molecule has 1 atom stereocenters. The molecule has 4 aromatic rings. The van der Waals surface area contributed by atoms with Gasteiger partial charge in [-0.05, 0) is 42.5 Å². The van der Waals surface area contributed by atoms with Crippen molar-refractivity contribution in [2.45, 2.75) is 5.60 Å². The molecule has 1 aliphatic rings. The smallest absolute Gasteiger partial charge is 0.340 e. The van der Waals surface area contributed by atoms with E-state index in [1.165, 1.54) is 0 Å². The molecule has 0 aliphatic carbocycles. The Morgan fingerprint density at radius 2 is 1.23 bits per heavy atom. The second kappa shape index (κ2) is 7.08. The summed E-state index contributed by atoms with van der Waals surface area (Å²) in [5.41, 5.74) is 1.78. The SMILES string of the molecule is O=C1OC(c2ccc(O)cc2)(c2ccc(Oc3ccccc3)cc2)c2ccccc21. The van der Waals surface area contributed by atoms with E-state index in [1.54, 1.807) is 30.3 Å². The van der Waals surface area contributed by atoms with Gasteiger partial charge in [-0.1, -0.05) is 60.7 Å². The van der Waals surface area contributed by atoms with Gasteiger partial charge in [0.2, 0.25) is 0 Å². The lowest BCUT2D eigenvalue weighted by Gasteiger charge is -2.30. The summed E-state index contributed by atoms with van der Waals surface area (Å²) in [4.78, 5) is 12.7. The number of esters is 1. The first-order valence-corrected chi connectivity index (χ1v) is 9.62. The highest BCUT2D eigenvalue weighted by molar-refractivity contribution is 5.96. The van der Waals surface area contributed by atoms with Gasteiger partial charge in [-0.25, -0.2) is 4.79 Å². The molecule has 1 unspecified atom stereocenters. The molecule has 0 saturated heterocycles. The van der Waals surface area contributed by atoms with Crippen LogP contribution in [0.1, 0.15) is 27.0 Å². The summed E-state index contributed by atoms with van der Waals surface area (Å²) in [5, 5.41) is 9.75. The van der Waals surface area contributed by atoms with Crippen LogP contribution in [0.4, 0.5) is 0 Å². The molecular weight excluding hydrogens is 376 g/mol. The largest absolute Gasteiger partial charge is 0.508 e. The zero-order valence-corrected chi connectivity index (χ0v) is 16.0. The van der Waals surface area contributed by atoms with Crippen molar-refractivity contribution in [1.29, 1.82) is 0 Å². The van der Waals surface area contributed by atoms with Gasteiger partial charge in [-0.15, -0.1) is 0 Å². The molecule has 146 valence electrons. The Morgan fingerprint density at radius 3 is 1.93 bits per heavy atom. The molecule has 0 amide bonds. The number of carbonyl (C=O) groups excluding carboxylic acids is 1. The minimum Gasteiger partial charge on any atom is -0.508 e. The Morgan fingerprint density at radius 1 is 0.667 bits per heavy atom. The van der Waals surface area contributed by atoms with Crippen LogP contribution < -0.4 is 4.74 Å². The van der Waals surface area contributed by atoms with Gasteiger partial charge in [0.15, 0.2) is 5.60 Å². The summed E-state index contributed by atoms with van der Waals surface area (Å²) in [6, 6.07) is 31.2. The zero-order chi connectivity index (χ0) is 20.6. The third kappa shape index (κ3) is 2.90. The Bertz CT molecular complexity index is 1200. The topological polar surface area (TPSA) is 55.8 Å². The van der Waals surface area contributed by atoms with Gasteiger partial charge in [-0.3, -0.25) is 0 Å². The molecule has 0 radical (unpaired) electrons. The molecule has 0 aromatic heterocycles. The van der Waals surface area contributed by atoms with Gasteiger partial charge >= 0.3 is 5.97 Å². The number of para-hydroxylation sites is 1. The second-order valence-corrected chi connectivity index (χ2v) is 7.10. The number of cyclic esters (lactones) is 1. The highest BCUT2D eigenvalue weighted by Gasteiger charge is 2.48. The molecular formula is C26H18O4. The molecule has 0 spiro atoms. The fraction of sp³-hybridized carbons (Fsp3) is 0.0385. The lowest BCUT2D eigenvalue weighted by atomic mass is 9.80. The molecule has 4 nitrogen and oxygen atoms in total. The number of carbonyl (C=O) groups is 1. The first-order valence-electron chi connectivity index (χ1n) is 9.62. The Hall–Kier alpha value is -4.05. The summed E-state index contributed by atoms with van der Waals surface area (Å²) in [6.45, 7) is 0. The normalized spacial score (nSPS) is 17.3. The van der Waals surface area contributed by atoms with E-state index in [0.29, 0.717) is 11.3 Å². The average Bonchev–Trinajstić information content (AvgIpc) is 3.09. The van der Waals surface area contributed by atoms with E-state index < -0.39 is 5.60 Å². The van der Waals surface area contributed by atoms with Gasteiger partial charge in [0.1, 0.15) is 17.2 Å². The summed E-state index contributed by atoms with van der Waals surface area (Å²) in [6.07, 6.45) is 0. The summed E-state index contributed by atoms with van der Waals surface area (Å²) in [7, 11) is 0. The van der Waals surface area contributed by atoms with Crippen molar-refractivity contribution in [2.75, 3.05) is 0 Å². The van der Waals surface area contributed by atoms with Crippen LogP contribution in [0.25, 0.3) is 0 Å². The van der Waals surface area contributed by atoms with Gasteiger partial charge in [0.05, 0.1) is 5.56 Å². The molecule has 30 heavy (non-hydrogen) atoms. The maximum Gasteiger partial charge on any atom is 0.340 e. The van der Waals surface area contributed by atoms with E-state index >= 15 is 0 Å². The number of hydrogen-bond acceptors (Lipinski definition) is 4. The molecule has 1 aliphatic heterocycles. The third-order valence-electron chi connectivity index (χ3n) is 5.29. The van der Waals surface area contributed by atoms with Gasteiger partial charge in [0, 0.05) is 16.7 Å². The summed E-state index contributed by atoms with van der Waals surface area (Å²) < 4.78 is 11.9. The number of phenolic OH excluding ortho intramolecular Hbond substituents is 1. The van der Waals surface area contributed by atoms with E-state index in [9.17, 15) is 9.90 Å². The summed E-state index contributed by atoms with van der Waals surface area (Å²) >= 11 is 0. The van der Waals surface area contributed by atoms with Gasteiger partial charge < -0.3 is 14.6 Å². The fourth-order valence-corrected chi connectivity index (χ4v) is 3.89. The highest BCUT2D eigenvalue weighted by Crippen LogP contribution is 2.47. The number of fused-ring (bicyclic) bond motifs is 1. The zero-order valence-electron chi connectivity index (χ0n) is 16.0. The van der Waals surface area contributed by atoms with Crippen molar-refractivity contribution in [1.82, 2.24) is 0 Å². The van der Waals surface area contributed by atoms with Gasteiger partial charge in [-0.2, -0.15) is 0 Å². The molecule has 0 saturated carbocycles. The number of ether oxygens (including phenoxy) is 2. The van der Waals surface area contributed by atoms with Crippen molar-refractivity contribution < 1.29 is 19.4 Å². The Labute approximate surface area is 174 Å². The number of phenols is 1. The quantitative estimate of drug-likeness (QED) is 0.455. The fourth-order valence-electron chi connectivity index (χ4n) is 3.89. The number of rotatable bonds is 4. The van der Waals surface area contributed by atoms with Crippen molar-refractivity contribution >= 4 is 5.97 Å². The van der Waals surface area contributed by atoms with E-state index in [0.717, 1.165) is 22.4 Å². The van der Waals surface area contributed by atoms with E-state index in [2.05, 4.69) is 0 Å². The van der Waals surface area contributed by atoms with Crippen LogP contribution in [-0.4, -0.2) is 11.1 Å². The standard InChI is InChI=1S/C26H18O4/c27-20-14-10-18(11-15-20)26(24-9-5-4-8-23(24)25(28)30-26)19-12-16-22(17-13-19)29-21-6-2-1-3-7-21/h1-17,27H. The highest BCUT2D eigenvalue weighted by atomic mass is 16.6. The van der Waals surface area contributed by atoms with Crippen molar-refractivity contribution in [3.8, 4) is 17.2 Å². The first kappa shape index (κ1) is 18.0. The van der Waals surface area contributed by atoms with Crippen LogP contribution >= 0.6 is 0 Å².